The molecule has 9 heteroatoms. The van der Waals surface area contributed by atoms with Gasteiger partial charge >= 0.3 is 0 Å². The standard InChI is InChI=1S/C24H23FN6OS/c25-18-8-4-9-19(15-18)31-23(20-10-6-14-33-20)28-21(29-31)24(32)27-16-17-7-5-11-26-22(17)30-12-2-1-3-13-30/h4-11,14-15H,1-3,12-13,16H2,(H,27,32). The fourth-order valence-corrected chi connectivity index (χ4v) is 4.67. The predicted octanol–water partition coefficient (Wildman–Crippen LogP) is 4.45. The number of carbonyl (C=O) groups is 1. The summed E-state index contributed by atoms with van der Waals surface area (Å²) < 4.78 is 15.4. The van der Waals surface area contributed by atoms with Crippen LogP contribution in [0.2, 0.25) is 0 Å². The Kier molecular flexibility index (Phi) is 6.12. The van der Waals surface area contributed by atoms with E-state index < -0.39 is 5.91 Å². The first-order valence-electron chi connectivity index (χ1n) is 10.9. The Morgan fingerprint density at radius 1 is 1.09 bits per heavy atom. The number of carbonyl (C=O) groups excluding carboxylic acids is 1. The van der Waals surface area contributed by atoms with Crippen molar-refractivity contribution < 1.29 is 9.18 Å². The van der Waals surface area contributed by atoms with Gasteiger partial charge in [0.1, 0.15) is 11.6 Å². The molecule has 1 aliphatic heterocycles. The summed E-state index contributed by atoms with van der Waals surface area (Å²) >= 11 is 1.48. The zero-order valence-electron chi connectivity index (χ0n) is 17.9. The van der Waals surface area contributed by atoms with Gasteiger partial charge in [-0.3, -0.25) is 4.79 Å². The lowest BCUT2D eigenvalue weighted by Crippen LogP contribution is -2.32. The molecule has 33 heavy (non-hydrogen) atoms. The van der Waals surface area contributed by atoms with Crippen molar-refractivity contribution in [3.05, 3.63) is 77.3 Å². The molecule has 0 radical (unpaired) electrons. The zero-order chi connectivity index (χ0) is 22.6. The third kappa shape index (κ3) is 4.63. The summed E-state index contributed by atoms with van der Waals surface area (Å²) in [5.74, 6) is 0.668. The van der Waals surface area contributed by atoms with Crippen LogP contribution in [0.5, 0.6) is 0 Å². The van der Waals surface area contributed by atoms with Crippen molar-refractivity contribution in [2.24, 2.45) is 0 Å². The number of aromatic nitrogens is 4. The van der Waals surface area contributed by atoms with Gasteiger partial charge in [-0.05, 0) is 55.0 Å². The van der Waals surface area contributed by atoms with Crippen molar-refractivity contribution in [3.63, 3.8) is 0 Å². The maximum absolute atomic E-state index is 13.8. The van der Waals surface area contributed by atoms with Gasteiger partial charge < -0.3 is 10.2 Å². The lowest BCUT2D eigenvalue weighted by Gasteiger charge is -2.29. The van der Waals surface area contributed by atoms with Gasteiger partial charge in [-0.15, -0.1) is 16.4 Å². The van der Waals surface area contributed by atoms with Crippen LogP contribution in [0.4, 0.5) is 10.2 Å². The number of rotatable bonds is 6. The average molecular weight is 463 g/mol. The van der Waals surface area contributed by atoms with E-state index in [1.165, 1.54) is 34.6 Å². The first kappa shape index (κ1) is 21.3. The molecule has 1 aromatic carbocycles. The molecule has 4 heterocycles. The Hall–Kier alpha value is -3.59. The first-order valence-corrected chi connectivity index (χ1v) is 11.8. The largest absolute Gasteiger partial charge is 0.356 e. The Morgan fingerprint density at radius 3 is 2.76 bits per heavy atom. The number of pyridine rings is 1. The van der Waals surface area contributed by atoms with Gasteiger partial charge in [-0.1, -0.05) is 18.2 Å². The second-order valence-electron chi connectivity index (χ2n) is 7.84. The molecule has 1 amide bonds. The number of nitrogens with one attached hydrogen (secondary N) is 1. The van der Waals surface area contributed by atoms with Crippen LogP contribution in [0, 0.1) is 5.82 Å². The van der Waals surface area contributed by atoms with Crippen LogP contribution in [0.15, 0.2) is 60.1 Å². The summed E-state index contributed by atoms with van der Waals surface area (Å²) in [5, 5.41) is 9.26. The maximum atomic E-state index is 13.8. The van der Waals surface area contributed by atoms with Crippen molar-refractivity contribution in [2.75, 3.05) is 18.0 Å². The predicted molar refractivity (Wildman–Crippen MR) is 126 cm³/mol. The summed E-state index contributed by atoms with van der Waals surface area (Å²) in [6, 6.07) is 13.7. The highest BCUT2D eigenvalue weighted by atomic mass is 32.1. The van der Waals surface area contributed by atoms with E-state index in [9.17, 15) is 9.18 Å². The molecule has 0 bridgehead atoms. The van der Waals surface area contributed by atoms with Crippen LogP contribution < -0.4 is 10.2 Å². The molecule has 1 aliphatic rings. The molecular formula is C24H23FN6OS. The van der Waals surface area contributed by atoms with Crippen LogP contribution >= 0.6 is 11.3 Å². The third-order valence-electron chi connectivity index (χ3n) is 5.57. The number of halogens is 1. The molecule has 7 nitrogen and oxygen atoms in total. The van der Waals surface area contributed by atoms with E-state index in [0.717, 1.165) is 42.2 Å². The van der Waals surface area contributed by atoms with Crippen LogP contribution in [0.25, 0.3) is 16.4 Å². The maximum Gasteiger partial charge on any atom is 0.291 e. The highest BCUT2D eigenvalue weighted by Crippen LogP contribution is 2.26. The molecule has 0 atom stereocenters. The summed E-state index contributed by atoms with van der Waals surface area (Å²) in [6.45, 7) is 2.27. The number of amides is 1. The van der Waals surface area contributed by atoms with E-state index in [2.05, 4.69) is 25.3 Å². The fourth-order valence-electron chi connectivity index (χ4n) is 3.97. The van der Waals surface area contributed by atoms with Gasteiger partial charge in [-0.25, -0.2) is 19.0 Å². The highest BCUT2D eigenvalue weighted by molar-refractivity contribution is 7.13. The summed E-state index contributed by atoms with van der Waals surface area (Å²) in [4.78, 5) is 25.1. The average Bonchev–Trinajstić information content (AvgIpc) is 3.53. The summed E-state index contributed by atoms with van der Waals surface area (Å²) in [6.07, 6.45) is 5.32. The fraction of sp³-hybridized carbons (Fsp3) is 0.250. The third-order valence-corrected chi connectivity index (χ3v) is 6.43. The Morgan fingerprint density at radius 2 is 1.97 bits per heavy atom. The van der Waals surface area contributed by atoms with Crippen molar-refractivity contribution in [1.82, 2.24) is 25.1 Å². The number of piperidine rings is 1. The molecule has 168 valence electrons. The lowest BCUT2D eigenvalue weighted by molar-refractivity contribution is 0.0940. The molecule has 1 saturated heterocycles. The normalized spacial score (nSPS) is 13.8. The first-order chi connectivity index (χ1) is 16.2. The molecule has 1 fully saturated rings. The van der Waals surface area contributed by atoms with Gasteiger partial charge in [0.2, 0.25) is 5.82 Å². The quantitative estimate of drug-likeness (QED) is 0.458. The second kappa shape index (κ2) is 9.50. The van der Waals surface area contributed by atoms with Gasteiger partial charge in [0.05, 0.1) is 10.6 Å². The molecular weight excluding hydrogens is 439 g/mol. The van der Waals surface area contributed by atoms with E-state index in [0.29, 0.717) is 18.1 Å². The molecule has 4 aromatic rings. The molecule has 5 rings (SSSR count). The van der Waals surface area contributed by atoms with Crippen molar-refractivity contribution in [3.8, 4) is 16.4 Å². The Bertz CT molecular complexity index is 1250. The number of hydrogen-bond donors (Lipinski definition) is 1. The topological polar surface area (TPSA) is 75.9 Å². The van der Waals surface area contributed by atoms with Crippen LogP contribution in [-0.4, -0.2) is 38.7 Å². The highest BCUT2D eigenvalue weighted by Gasteiger charge is 2.21. The minimum absolute atomic E-state index is 0.0334. The van der Waals surface area contributed by atoms with Gasteiger partial charge in [0, 0.05) is 31.4 Å². The molecule has 0 saturated carbocycles. The molecule has 0 spiro atoms. The zero-order valence-corrected chi connectivity index (χ0v) is 18.8. The summed E-state index contributed by atoms with van der Waals surface area (Å²) in [5.41, 5.74) is 1.46. The van der Waals surface area contributed by atoms with E-state index in [4.69, 9.17) is 0 Å². The number of anilines is 1. The Balaban J connectivity index is 1.39. The minimum Gasteiger partial charge on any atom is -0.356 e. The molecule has 3 aromatic heterocycles. The smallest absolute Gasteiger partial charge is 0.291 e. The minimum atomic E-state index is -0.392. The SMILES string of the molecule is O=C(NCc1cccnc1N1CCCCC1)c1nc(-c2cccs2)n(-c2cccc(F)c2)n1. The van der Waals surface area contributed by atoms with Gasteiger partial charge in [0.15, 0.2) is 5.82 Å². The van der Waals surface area contributed by atoms with Gasteiger partial charge in [-0.2, -0.15) is 0 Å². The monoisotopic (exact) mass is 462 g/mol. The van der Waals surface area contributed by atoms with E-state index in [1.807, 2.05) is 29.6 Å². The molecule has 1 N–H and O–H groups in total. The number of nitrogens with zero attached hydrogens (tertiary/aromatic N) is 5. The van der Waals surface area contributed by atoms with Crippen LogP contribution in [0.1, 0.15) is 35.4 Å². The van der Waals surface area contributed by atoms with Crippen LogP contribution in [0.3, 0.4) is 0 Å². The second-order valence-corrected chi connectivity index (χ2v) is 8.79. The lowest BCUT2D eigenvalue weighted by atomic mass is 10.1. The van der Waals surface area contributed by atoms with E-state index in [-0.39, 0.29) is 11.6 Å². The summed E-state index contributed by atoms with van der Waals surface area (Å²) in [7, 11) is 0. The van der Waals surface area contributed by atoms with E-state index in [1.54, 1.807) is 18.3 Å². The van der Waals surface area contributed by atoms with E-state index >= 15 is 0 Å². The van der Waals surface area contributed by atoms with Gasteiger partial charge in [0.25, 0.3) is 5.91 Å². The Labute approximate surface area is 194 Å². The van der Waals surface area contributed by atoms with Crippen LogP contribution in [-0.2, 0) is 6.54 Å². The van der Waals surface area contributed by atoms with Crippen molar-refractivity contribution >= 4 is 23.1 Å². The number of thiophene rings is 1. The van der Waals surface area contributed by atoms with Crippen molar-refractivity contribution in [2.45, 2.75) is 25.8 Å². The number of hydrogen-bond acceptors (Lipinski definition) is 6. The molecule has 0 unspecified atom stereocenters. The molecule has 0 aliphatic carbocycles. The van der Waals surface area contributed by atoms with Crippen molar-refractivity contribution in [1.29, 1.82) is 0 Å². The number of benzene rings is 1.